The number of hydrogen-bond acceptors (Lipinski definition) is 6. The maximum absolute atomic E-state index is 13.1. The summed E-state index contributed by atoms with van der Waals surface area (Å²) in [6.07, 6.45) is -0.347. The zero-order valence-electron chi connectivity index (χ0n) is 18.8. The molecule has 0 saturated heterocycles. The molecule has 0 saturated carbocycles. The number of ether oxygens (including phenoxy) is 1. The topological polar surface area (TPSA) is 107 Å². The third kappa shape index (κ3) is 5.07. The van der Waals surface area contributed by atoms with Crippen molar-refractivity contribution in [2.45, 2.75) is 26.0 Å². The quantitative estimate of drug-likeness (QED) is 0.215. The van der Waals surface area contributed by atoms with Crippen LogP contribution in [0, 0.1) is 10.1 Å². The van der Waals surface area contributed by atoms with Crippen LogP contribution >= 0.6 is 11.6 Å². The Morgan fingerprint density at radius 3 is 2.37 bits per heavy atom. The van der Waals surface area contributed by atoms with Crippen molar-refractivity contribution in [2.75, 3.05) is 6.54 Å². The molecule has 1 heterocycles. The van der Waals surface area contributed by atoms with Crippen LogP contribution in [0.15, 0.2) is 66.7 Å². The Kier molecular flexibility index (Phi) is 6.93. The Morgan fingerprint density at radius 1 is 1.00 bits per heavy atom. The van der Waals surface area contributed by atoms with Crippen molar-refractivity contribution >= 4 is 34.9 Å². The number of amides is 1. The molecule has 0 radical (unpaired) electrons. The van der Waals surface area contributed by atoms with E-state index in [1.54, 1.807) is 17.0 Å². The number of halogens is 1. The summed E-state index contributed by atoms with van der Waals surface area (Å²) in [5.41, 5.74) is 1.78. The third-order valence-corrected chi connectivity index (χ3v) is 6.19. The van der Waals surface area contributed by atoms with E-state index in [0.717, 1.165) is 11.6 Å². The number of benzene rings is 3. The molecular formula is C26H21ClN2O6. The van der Waals surface area contributed by atoms with E-state index in [1.165, 1.54) is 36.8 Å². The Bertz CT molecular complexity index is 1340. The lowest BCUT2D eigenvalue weighted by atomic mass is 9.98. The fourth-order valence-electron chi connectivity index (χ4n) is 4.02. The van der Waals surface area contributed by atoms with Gasteiger partial charge in [-0.15, -0.1) is 0 Å². The van der Waals surface area contributed by atoms with Crippen LogP contribution in [0.4, 0.5) is 5.69 Å². The highest BCUT2D eigenvalue weighted by molar-refractivity contribution is 6.33. The van der Waals surface area contributed by atoms with Gasteiger partial charge in [0.15, 0.2) is 11.9 Å². The first-order chi connectivity index (χ1) is 16.8. The van der Waals surface area contributed by atoms with Crippen LogP contribution < -0.4 is 0 Å². The molecule has 1 atom stereocenters. The summed E-state index contributed by atoms with van der Waals surface area (Å²) >= 11 is 5.84. The van der Waals surface area contributed by atoms with Gasteiger partial charge in [-0.3, -0.25) is 19.7 Å². The van der Waals surface area contributed by atoms with E-state index in [0.29, 0.717) is 19.5 Å². The average molecular weight is 493 g/mol. The summed E-state index contributed by atoms with van der Waals surface area (Å²) in [5, 5.41) is 11.1. The van der Waals surface area contributed by atoms with Crippen molar-refractivity contribution in [3.05, 3.63) is 110 Å². The molecule has 0 aliphatic carbocycles. The van der Waals surface area contributed by atoms with Gasteiger partial charge in [-0.2, -0.15) is 0 Å². The second-order valence-electron chi connectivity index (χ2n) is 8.12. The van der Waals surface area contributed by atoms with Crippen molar-refractivity contribution in [3.63, 3.8) is 0 Å². The first-order valence-corrected chi connectivity index (χ1v) is 11.3. The highest BCUT2D eigenvalue weighted by Crippen LogP contribution is 2.27. The van der Waals surface area contributed by atoms with Gasteiger partial charge in [0.1, 0.15) is 5.02 Å². The average Bonchev–Trinajstić information content (AvgIpc) is 2.87. The number of ketones is 1. The number of hydrogen-bond donors (Lipinski definition) is 0. The van der Waals surface area contributed by atoms with Crippen LogP contribution in [0.5, 0.6) is 0 Å². The van der Waals surface area contributed by atoms with E-state index in [4.69, 9.17) is 16.3 Å². The predicted molar refractivity (Wildman–Crippen MR) is 128 cm³/mol. The lowest BCUT2D eigenvalue weighted by molar-refractivity contribution is -0.384. The Morgan fingerprint density at radius 2 is 1.66 bits per heavy atom. The van der Waals surface area contributed by atoms with Crippen LogP contribution in [0.3, 0.4) is 0 Å². The molecule has 1 aliphatic rings. The lowest BCUT2D eigenvalue weighted by Crippen LogP contribution is -2.42. The highest BCUT2D eigenvalue weighted by Gasteiger charge is 2.29. The van der Waals surface area contributed by atoms with Crippen LogP contribution in [0.25, 0.3) is 0 Å². The number of carbonyl (C=O) groups excluding carboxylic acids is 3. The number of fused-ring (bicyclic) bond motifs is 1. The van der Waals surface area contributed by atoms with Crippen LogP contribution in [-0.4, -0.2) is 40.1 Å². The van der Waals surface area contributed by atoms with Gasteiger partial charge in [-0.25, -0.2) is 4.79 Å². The lowest BCUT2D eigenvalue weighted by Gasteiger charge is -2.30. The van der Waals surface area contributed by atoms with Crippen molar-refractivity contribution in [3.8, 4) is 0 Å². The second kappa shape index (κ2) is 10.1. The monoisotopic (exact) mass is 492 g/mol. The SMILES string of the molecule is CC(OC(=O)c1ccccc1C(=O)c1ccc(Cl)c([N+](=O)[O-])c1)C(=O)N1CCc2ccccc2C1. The van der Waals surface area contributed by atoms with Gasteiger partial charge in [0.05, 0.1) is 10.5 Å². The van der Waals surface area contributed by atoms with Crippen LogP contribution in [-0.2, 0) is 22.5 Å². The molecular weight excluding hydrogens is 472 g/mol. The summed E-state index contributed by atoms with van der Waals surface area (Å²) in [6, 6.07) is 17.5. The molecule has 1 aliphatic heterocycles. The van der Waals surface area contributed by atoms with Gasteiger partial charge in [-0.05, 0) is 42.7 Å². The number of rotatable bonds is 6. The summed E-state index contributed by atoms with van der Waals surface area (Å²) in [4.78, 5) is 51.1. The van der Waals surface area contributed by atoms with Crippen molar-refractivity contribution in [1.82, 2.24) is 4.90 Å². The molecule has 9 heteroatoms. The van der Waals surface area contributed by atoms with Gasteiger partial charge in [0, 0.05) is 30.3 Å². The van der Waals surface area contributed by atoms with Gasteiger partial charge in [0.25, 0.3) is 11.6 Å². The molecule has 0 spiro atoms. The van der Waals surface area contributed by atoms with Crippen molar-refractivity contribution in [1.29, 1.82) is 0 Å². The van der Waals surface area contributed by atoms with E-state index in [1.807, 2.05) is 24.3 Å². The van der Waals surface area contributed by atoms with Gasteiger partial charge < -0.3 is 9.64 Å². The summed E-state index contributed by atoms with van der Waals surface area (Å²) in [6.45, 7) is 2.44. The zero-order valence-corrected chi connectivity index (χ0v) is 19.5. The van der Waals surface area contributed by atoms with Gasteiger partial charge >= 0.3 is 5.97 Å². The van der Waals surface area contributed by atoms with E-state index in [9.17, 15) is 24.5 Å². The molecule has 8 nitrogen and oxygen atoms in total. The van der Waals surface area contributed by atoms with Crippen LogP contribution in [0.2, 0.25) is 5.02 Å². The molecule has 3 aromatic carbocycles. The van der Waals surface area contributed by atoms with E-state index in [-0.39, 0.29) is 27.6 Å². The molecule has 0 aromatic heterocycles. The van der Waals surface area contributed by atoms with Crippen LogP contribution in [0.1, 0.15) is 44.3 Å². The number of nitro benzene ring substituents is 1. The minimum Gasteiger partial charge on any atom is -0.449 e. The van der Waals surface area contributed by atoms with Crippen molar-refractivity contribution in [2.24, 2.45) is 0 Å². The number of nitrogens with zero attached hydrogens (tertiary/aromatic N) is 2. The minimum atomic E-state index is -1.06. The van der Waals surface area contributed by atoms with Gasteiger partial charge in [0.2, 0.25) is 0 Å². The molecule has 178 valence electrons. The summed E-state index contributed by atoms with van der Waals surface area (Å²) in [5.74, 6) is -1.77. The maximum atomic E-state index is 13.1. The first-order valence-electron chi connectivity index (χ1n) is 10.9. The Hall–Kier alpha value is -4.04. The molecule has 3 aromatic rings. The fourth-order valence-corrected chi connectivity index (χ4v) is 4.21. The second-order valence-corrected chi connectivity index (χ2v) is 8.53. The summed E-state index contributed by atoms with van der Waals surface area (Å²) in [7, 11) is 0. The molecule has 4 rings (SSSR count). The van der Waals surface area contributed by atoms with Gasteiger partial charge in [-0.1, -0.05) is 54.1 Å². The highest BCUT2D eigenvalue weighted by atomic mass is 35.5. The molecule has 0 N–H and O–H groups in total. The fraction of sp³-hybridized carbons (Fsp3) is 0.192. The third-order valence-electron chi connectivity index (χ3n) is 5.87. The minimum absolute atomic E-state index is 0.000620. The van der Waals surface area contributed by atoms with E-state index < -0.39 is 28.5 Å². The molecule has 0 bridgehead atoms. The number of esters is 1. The van der Waals surface area contributed by atoms with E-state index in [2.05, 4.69) is 0 Å². The first kappa shape index (κ1) is 24.1. The smallest absolute Gasteiger partial charge is 0.339 e. The summed E-state index contributed by atoms with van der Waals surface area (Å²) < 4.78 is 5.44. The molecule has 1 amide bonds. The zero-order chi connectivity index (χ0) is 25.1. The molecule has 0 fully saturated rings. The van der Waals surface area contributed by atoms with E-state index >= 15 is 0 Å². The number of carbonyl (C=O) groups is 3. The molecule has 35 heavy (non-hydrogen) atoms. The largest absolute Gasteiger partial charge is 0.449 e. The Balaban J connectivity index is 1.51. The number of nitro groups is 1. The maximum Gasteiger partial charge on any atom is 0.339 e. The Labute approximate surface area is 206 Å². The predicted octanol–water partition coefficient (Wildman–Crippen LogP) is 4.61. The van der Waals surface area contributed by atoms with Crippen molar-refractivity contribution < 1.29 is 24.0 Å². The normalized spacial score (nSPS) is 13.5. The standard InChI is InChI=1S/C26H21ClN2O6/c1-16(25(31)28-13-12-17-6-2-3-7-19(17)15-28)35-26(32)21-9-5-4-8-20(21)24(30)18-10-11-22(27)23(14-18)29(33)34/h2-11,14,16H,12-13,15H2,1H3. The molecule has 1 unspecified atom stereocenters.